The molecule has 0 aromatic carbocycles. The van der Waals surface area contributed by atoms with Gasteiger partial charge in [0.15, 0.2) is 0 Å². The molecule has 0 aromatic rings. The molecule has 11 heavy (non-hydrogen) atoms. The van der Waals surface area contributed by atoms with Crippen LogP contribution in [-0.2, 0) is 4.74 Å². The maximum atomic E-state index is 9.45. The van der Waals surface area contributed by atoms with E-state index in [4.69, 9.17) is 4.74 Å². The predicted octanol–water partition coefficient (Wildman–Crippen LogP) is 1.57. The van der Waals surface area contributed by atoms with Gasteiger partial charge in [-0.25, -0.2) is 0 Å². The first-order chi connectivity index (χ1) is 5.33. The molecule has 2 unspecified atom stereocenters. The molecule has 2 nitrogen and oxygen atoms in total. The molecular formula is C9H18O2. The minimum atomic E-state index is -0.0910. The van der Waals surface area contributed by atoms with Crippen LogP contribution in [0.1, 0.15) is 32.6 Å². The zero-order valence-corrected chi connectivity index (χ0v) is 7.25. The zero-order valence-electron chi connectivity index (χ0n) is 7.25. The smallest absolute Gasteiger partial charge is 0.0543 e. The number of aliphatic hydroxyl groups excluding tert-OH is 1. The van der Waals surface area contributed by atoms with E-state index in [1.165, 1.54) is 0 Å². The first-order valence-electron chi connectivity index (χ1n) is 4.58. The van der Waals surface area contributed by atoms with E-state index >= 15 is 0 Å². The lowest BCUT2D eigenvalue weighted by molar-refractivity contribution is 0.121. The lowest BCUT2D eigenvalue weighted by Crippen LogP contribution is -2.13. The van der Waals surface area contributed by atoms with Crippen molar-refractivity contribution < 1.29 is 9.84 Å². The Hall–Kier alpha value is -0.0800. The average molecular weight is 158 g/mol. The van der Waals surface area contributed by atoms with Crippen LogP contribution < -0.4 is 0 Å². The highest BCUT2D eigenvalue weighted by molar-refractivity contribution is 4.68. The fourth-order valence-corrected chi connectivity index (χ4v) is 1.61. The summed E-state index contributed by atoms with van der Waals surface area (Å²) < 4.78 is 5.22. The lowest BCUT2D eigenvalue weighted by atomic mass is 9.99. The number of ether oxygens (including phenoxy) is 1. The SMILES string of the molecule is CCCC(O)CC1CCOC1. The minimum absolute atomic E-state index is 0.0910. The Morgan fingerprint density at radius 1 is 1.64 bits per heavy atom. The fraction of sp³-hybridized carbons (Fsp3) is 1.00. The van der Waals surface area contributed by atoms with E-state index in [0.717, 1.165) is 38.9 Å². The highest BCUT2D eigenvalue weighted by Gasteiger charge is 2.18. The average Bonchev–Trinajstić information content (AvgIpc) is 2.40. The van der Waals surface area contributed by atoms with Gasteiger partial charge in [0.2, 0.25) is 0 Å². The summed E-state index contributed by atoms with van der Waals surface area (Å²) in [5, 5.41) is 9.45. The molecule has 0 bridgehead atoms. The van der Waals surface area contributed by atoms with E-state index in [0.29, 0.717) is 5.92 Å². The maximum absolute atomic E-state index is 9.45. The molecule has 2 atom stereocenters. The van der Waals surface area contributed by atoms with Crippen LogP contribution in [0, 0.1) is 5.92 Å². The van der Waals surface area contributed by atoms with Gasteiger partial charge in [0.25, 0.3) is 0 Å². The second-order valence-corrected chi connectivity index (χ2v) is 3.41. The third-order valence-corrected chi connectivity index (χ3v) is 2.25. The van der Waals surface area contributed by atoms with Crippen molar-refractivity contribution in [2.45, 2.75) is 38.7 Å². The summed E-state index contributed by atoms with van der Waals surface area (Å²) in [5.41, 5.74) is 0. The van der Waals surface area contributed by atoms with Gasteiger partial charge in [-0.3, -0.25) is 0 Å². The molecule has 0 saturated carbocycles. The Morgan fingerprint density at radius 2 is 2.45 bits per heavy atom. The van der Waals surface area contributed by atoms with Crippen LogP contribution in [0.5, 0.6) is 0 Å². The van der Waals surface area contributed by atoms with Gasteiger partial charge in [0, 0.05) is 13.2 Å². The summed E-state index contributed by atoms with van der Waals surface area (Å²) in [6, 6.07) is 0. The third kappa shape index (κ3) is 3.21. The van der Waals surface area contributed by atoms with Crippen LogP contribution in [0.4, 0.5) is 0 Å². The Morgan fingerprint density at radius 3 is 3.00 bits per heavy atom. The maximum Gasteiger partial charge on any atom is 0.0543 e. The second kappa shape index (κ2) is 4.73. The molecule has 1 rings (SSSR count). The molecule has 2 heteroatoms. The molecule has 0 spiro atoms. The first kappa shape index (κ1) is 9.01. The van der Waals surface area contributed by atoms with Crippen molar-refractivity contribution in [3.8, 4) is 0 Å². The van der Waals surface area contributed by atoms with Crippen molar-refractivity contribution in [3.63, 3.8) is 0 Å². The Labute approximate surface area is 68.6 Å². The van der Waals surface area contributed by atoms with E-state index in [-0.39, 0.29) is 6.10 Å². The molecular weight excluding hydrogens is 140 g/mol. The fourth-order valence-electron chi connectivity index (χ4n) is 1.61. The highest BCUT2D eigenvalue weighted by Crippen LogP contribution is 2.19. The lowest BCUT2D eigenvalue weighted by Gasteiger charge is -2.12. The summed E-state index contributed by atoms with van der Waals surface area (Å²) in [4.78, 5) is 0. The second-order valence-electron chi connectivity index (χ2n) is 3.41. The van der Waals surface area contributed by atoms with Gasteiger partial charge in [0.05, 0.1) is 6.10 Å². The van der Waals surface area contributed by atoms with E-state index in [2.05, 4.69) is 6.92 Å². The summed E-state index contributed by atoms with van der Waals surface area (Å²) in [6.07, 6.45) is 4.01. The third-order valence-electron chi connectivity index (χ3n) is 2.25. The summed E-state index contributed by atoms with van der Waals surface area (Å²) >= 11 is 0. The van der Waals surface area contributed by atoms with Gasteiger partial charge in [-0.2, -0.15) is 0 Å². The van der Waals surface area contributed by atoms with E-state index in [9.17, 15) is 5.11 Å². The number of hydrogen-bond donors (Lipinski definition) is 1. The molecule has 1 N–H and O–H groups in total. The molecule has 0 radical (unpaired) electrons. The highest BCUT2D eigenvalue weighted by atomic mass is 16.5. The summed E-state index contributed by atoms with van der Waals surface area (Å²) in [6.45, 7) is 3.86. The molecule has 1 fully saturated rings. The van der Waals surface area contributed by atoms with Crippen LogP contribution in [0.25, 0.3) is 0 Å². The van der Waals surface area contributed by atoms with Gasteiger partial charge >= 0.3 is 0 Å². The van der Waals surface area contributed by atoms with Crippen LogP contribution >= 0.6 is 0 Å². The molecule has 66 valence electrons. The van der Waals surface area contributed by atoms with Gasteiger partial charge < -0.3 is 9.84 Å². The van der Waals surface area contributed by atoms with Crippen molar-refractivity contribution in [1.29, 1.82) is 0 Å². The van der Waals surface area contributed by atoms with Crippen molar-refractivity contribution in [2.24, 2.45) is 5.92 Å². The molecule has 1 aliphatic heterocycles. The standard InChI is InChI=1S/C9H18O2/c1-2-3-9(10)6-8-4-5-11-7-8/h8-10H,2-7H2,1H3. The molecule has 0 aliphatic carbocycles. The van der Waals surface area contributed by atoms with E-state index in [1.54, 1.807) is 0 Å². The number of rotatable bonds is 4. The van der Waals surface area contributed by atoms with Crippen molar-refractivity contribution in [3.05, 3.63) is 0 Å². The van der Waals surface area contributed by atoms with Gasteiger partial charge in [-0.05, 0) is 25.2 Å². The number of hydrogen-bond acceptors (Lipinski definition) is 2. The first-order valence-corrected chi connectivity index (χ1v) is 4.58. The van der Waals surface area contributed by atoms with E-state index in [1.807, 2.05) is 0 Å². The Bertz CT molecular complexity index is 97.7. The molecule has 0 aromatic heterocycles. The van der Waals surface area contributed by atoms with Crippen LogP contribution in [0.15, 0.2) is 0 Å². The normalized spacial score (nSPS) is 27.3. The number of aliphatic hydroxyl groups is 1. The van der Waals surface area contributed by atoms with Crippen molar-refractivity contribution in [2.75, 3.05) is 13.2 Å². The van der Waals surface area contributed by atoms with Crippen LogP contribution in [0.3, 0.4) is 0 Å². The van der Waals surface area contributed by atoms with E-state index < -0.39 is 0 Å². The topological polar surface area (TPSA) is 29.5 Å². The largest absolute Gasteiger partial charge is 0.393 e. The minimum Gasteiger partial charge on any atom is -0.393 e. The van der Waals surface area contributed by atoms with Gasteiger partial charge in [-0.1, -0.05) is 13.3 Å². The van der Waals surface area contributed by atoms with Crippen LogP contribution in [0.2, 0.25) is 0 Å². The summed E-state index contributed by atoms with van der Waals surface area (Å²) in [5.74, 6) is 0.622. The Kier molecular flexibility index (Phi) is 3.87. The van der Waals surface area contributed by atoms with Crippen molar-refractivity contribution >= 4 is 0 Å². The molecule has 1 aliphatic rings. The quantitative estimate of drug-likeness (QED) is 0.673. The van der Waals surface area contributed by atoms with Crippen molar-refractivity contribution in [1.82, 2.24) is 0 Å². The van der Waals surface area contributed by atoms with Gasteiger partial charge in [0.1, 0.15) is 0 Å². The van der Waals surface area contributed by atoms with Crippen LogP contribution in [-0.4, -0.2) is 24.4 Å². The molecule has 1 heterocycles. The monoisotopic (exact) mass is 158 g/mol. The molecule has 0 amide bonds. The Balaban J connectivity index is 2.08. The summed E-state index contributed by atoms with van der Waals surface area (Å²) in [7, 11) is 0. The zero-order chi connectivity index (χ0) is 8.10. The molecule has 1 saturated heterocycles. The van der Waals surface area contributed by atoms with Gasteiger partial charge in [-0.15, -0.1) is 0 Å². The predicted molar refractivity (Wildman–Crippen MR) is 44.5 cm³/mol.